The molecule has 8 atom stereocenters. The van der Waals surface area contributed by atoms with E-state index in [1.165, 1.54) is 25.7 Å². The first-order valence-electron chi connectivity index (χ1n) is 9.57. The molecule has 3 saturated heterocycles. The minimum atomic E-state index is 0.366. The minimum absolute atomic E-state index is 0.366. The van der Waals surface area contributed by atoms with Gasteiger partial charge in [-0.2, -0.15) is 0 Å². The molecule has 0 aliphatic carbocycles. The fourth-order valence-electron chi connectivity index (χ4n) is 2.87. The summed E-state index contributed by atoms with van der Waals surface area (Å²) in [6, 6.07) is 0. The van der Waals surface area contributed by atoms with Crippen molar-refractivity contribution in [1.29, 1.82) is 0 Å². The molecule has 150 valence electrons. The Kier molecular flexibility index (Phi) is 14.5. The summed E-state index contributed by atoms with van der Waals surface area (Å²) in [5.74, 6) is 0. The van der Waals surface area contributed by atoms with Crippen LogP contribution in [0.5, 0.6) is 0 Å². The molecule has 0 aromatic carbocycles. The van der Waals surface area contributed by atoms with Crippen molar-refractivity contribution in [3.63, 3.8) is 0 Å². The molecule has 2 N–H and O–H groups in total. The van der Waals surface area contributed by atoms with Crippen molar-refractivity contribution in [2.75, 3.05) is 38.2 Å². The third-order valence-corrected chi connectivity index (χ3v) is 5.98. The molecule has 0 saturated carbocycles. The molecule has 3 rings (SSSR count). The molecule has 3 fully saturated rings. The third kappa shape index (κ3) is 11.5. The van der Waals surface area contributed by atoms with Gasteiger partial charge in [-0.25, -0.2) is 0 Å². The van der Waals surface area contributed by atoms with E-state index in [1.807, 2.05) is 0 Å². The molecule has 0 bridgehead atoms. The smallest absolute Gasteiger partial charge is 0.0748 e. The molecule has 3 aliphatic heterocycles. The number of hydrogen-bond acceptors (Lipinski definition) is 5. The Labute approximate surface area is 161 Å². The van der Waals surface area contributed by atoms with Crippen LogP contribution in [0.1, 0.15) is 39.5 Å². The molecule has 3 aliphatic rings. The predicted octanol–water partition coefficient (Wildman–Crippen LogP) is 2.21. The van der Waals surface area contributed by atoms with Crippen molar-refractivity contribution >= 4 is 27.7 Å². The van der Waals surface area contributed by atoms with E-state index in [1.54, 1.807) is 0 Å². The van der Waals surface area contributed by atoms with Gasteiger partial charge < -0.3 is 14.2 Å². The van der Waals surface area contributed by atoms with Gasteiger partial charge in [-0.05, 0) is 58.0 Å². The highest BCUT2D eigenvalue weighted by molar-refractivity contribution is 7.16. The van der Waals surface area contributed by atoms with Crippen LogP contribution in [0.4, 0.5) is 0 Å². The van der Waals surface area contributed by atoms with Gasteiger partial charge in [-0.15, -0.1) is 27.7 Å². The van der Waals surface area contributed by atoms with Crippen molar-refractivity contribution in [2.24, 2.45) is 0 Å². The van der Waals surface area contributed by atoms with Crippen molar-refractivity contribution in [1.82, 2.24) is 10.9 Å². The summed E-state index contributed by atoms with van der Waals surface area (Å²) < 4.78 is 16.3. The van der Waals surface area contributed by atoms with Crippen LogP contribution in [-0.4, -0.2) is 68.7 Å². The van der Waals surface area contributed by atoms with E-state index in [0.717, 1.165) is 38.2 Å². The van der Waals surface area contributed by atoms with Gasteiger partial charge in [-0.3, -0.25) is 10.9 Å². The standard InChI is InChI=1S/C7H15OP.C5H13N2OP.C5H11OP/c1-6-3-2-4-7(5-9)8-6;9-4-5-3-7-6-1-2-8-5;1-4-2-5(3-7)6-4/h6-7H,2-5,9H2,1H3;5-7H,1-4,9H2;4-5H,2-3,7H2,1H3. The van der Waals surface area contributed by atoms with Crippen molar-refractivity contribution < 1.29 is 14.2 Å². The molecule has 3 heterocycles. The Hall–Kier alpha value is 1.09. The van der Waals surface area contributed by atoms with Gasteiger partial charge in [0.05, 0.1) is 37.1 Å². The van der Waals surface area contributed by atoms with Crippen molar-refractivity contribution in [2.45, 2.75) is 70.1 Å². The number of hydrazine groups is 1. The summed E-state index contributed by atoms with van der Waals surface area (Å²) in [6.45, 7) is 6.89. The highest BCUT2D eigenvalue weighted by Gasteiger charge is 2.23. The number of nitrogens with one attached hydrogen (secondary N) is 2. The van der Waals surface area contributed by atoms with Crippen LogP contribution in [0.25, 0.3) is 0 Å². The zero-order chi connectivity index (χ0) is 18.5. The first kappa shape index (κ1) is 24.1. The Bertz CT molecular complexity index is 314. The molecular weight excluding hydrogens is 373 g/mol. The van der Waals surface area contributed by atoms with Gasteiger partial charge >= 0.3 is 0 Å². The Morgan fingerprint density at radius 3 is 2.00 bits per heavy atom. The number of ether oxygens (including phenoxy) is 3. The second-order valence-electron chi connectivity index (χ2n) is 6.81. The largest absolute Gasteiger partial charge is 0.375 e. The molecule has 8 unspecified atom stereocenters. The molecule has 0 aromatic rings. The van der Waals surface area contributed by atoms with Crippen LogP contribution in [-0.2, 0) is 14.2 Å². The summed E-state index contributed by atoms with van der Waals surface area (Å²) in [4.78, 5) is 0. The van der Waals surface area contributed by atoms with Crippen LogP contribution < -0.4 is 10.9 Å². The average molecular weight is 412 g/mol. The molecule has 0 aromatic heterocycles. The summed E-state index contributed by atoms with van der Waals surface area (Å²) in [5.41, 5.74) is 6.09. The fraction of sp³-hybridized carbons (Fsp3) is 1.00. The maximum atomic E-state index is 5.61. The lowest BCUT2D eigenvalue weighted by atomic mass is 10.1. The Balaban J connectivity index is 0.000000189. The quantitative estimate of drug-likeness (QED) is 0.697. The molecular formula is C17H39N2O3P3. The number of hydrogen-bond donors (Lipinski definition) is 2. The van der Waals surface area contributed by atoms with E-state index in [4.69, 9.17) is 14.2 Å². The van der Waals surface area contributed by atoms with Gasteiger partial charge in [-0.1, -0.05) is 0 Å². The van der Waals surface area contributed by atoms with E-state index in [9.17, 15) is 0 Å². The second kappa shape index (κ2) is 15.1. The minimum Gasteiger partial charge on any atom is -0.375 e. The van der Waals surface area contributed by atoms with Gasteiger partial charge in [0.25, 0.3) is 0 Å². The summed E-state index contributed by atoms with van der Waals surface area (Å²) in [6.07, 6.45) is 10.8. The van der Waals surface area contributed by atoms with Crippen molar-refractivity contribution in [3.05, 3.63) is 0 Å². The monoisotopic (exact) mass is 412 g/mol. The van der Waals surface area contributed by atoms with E-state index in [2.05, 4.69) is 52.4 Å². The molecule has 0 radical (unpaired) electrons. The topological polar surface area (TPSA) is 51.8 Å². The molecule has 0 amide bonds. The van der Waals surface area contributed by atoms with Crippen molar-refractivity contribution in [3.8, 4) is 0 Å². The lowest BCUT2D eigenvalue weighted by Gasteiger charge is -2.32. The lowest BCUT2D eigenvalue weighted by Crippen LogP contribution is -2.35. The first-order valence-corrected chi connectivity index (χ1v) is 12.0. The zero-order valence-corrected chi connectivity index (χ0v) is 19.4. The third-order valence-electron chi connectivity index (χ3n) is 4.41. The molecule has 0 spiro atoms. The summed E-state index contributed by atoms with van der Waals surface area (Å²) >= 11 is 0. The normalized spacial score (nSPS) is 35.2. The van der Waals surface area contributed by atoms with Gasteiger partial charge in [0.15, 0.2) is 0 Å². The highest BCUT2D eigenvalue weighted by Crippen LogP contribution is 2.21. The average Bonchev–Trinajstić information content (AvgIpc) is 2.89. The Morgan fingerprint density at radius 1 is 0.840 bits per heavy atom. The number of rotatable bonds is 3. The fourth-order valence-corrected chi connectivity index (χ4v) is 3.82. The van der Waals surface area contributed by atoms with Gasteiger partial charge in [0, 0.05) is 13.1 Å². The predicted molar refractivity (Wildman–Crippen MR) is 117 cm³/mol. The zero-order valence-electron chi connectivity index (χ0n) is 15.9. The highest BCUT2D eigenvalue weighted by atomic mass is 31.0. The van der Waals surface area contributed by atoms with Crippen LogP contribution in [0.15, 0.2) is 0 Å². The van der Waals surface area contributed by atoms with E-state index in [0.29, 0.717) is 30.5 Å². The van der Waals surface area contributed by atoms with Crippen LogP contribution in [0.3, 0.4) is 0 Å². The Morgan fingerprint density at radius 2 is 1.52 bits per heavy atom. The van der Waals surface area contributed by atoms with Crippen LogP contribution >= 0.6 is 27.7 Å². The summed E-state index contributed by atoms with van der Waals surface area (Å²) in [7, 11) is 8.10. The van der Waals surface area contributed by atoms with E-state index < -0.39 is 0 Å². The van der Waals surface area contributed by atoms with Gasteiger partial charge in [0.2, 0.25) is 0 Å². The van der Waals surface area contributed by atoms with Crippen LogP contribution in [0, 0.1) is 0 Å². The maximum absolute atomic E-state index is 5.61. The first-order chi connectivity index (χ1) is 12.1. The van der Waals surface area contributed by atoms with E-state index in [-0.39, 0.29) is 0 Å². The second-order valence-corrected chi connectivity index (χ2v) is 8.23. The molecule has 5 nitrogen and oxygen atoms in total. The summed E-state index contributed by atoms with van der Waals surface area (Å²) in [5, 5.41) is 0. The van der Waals surface area contributed by atoms with E-state index >= 15 is 0 Å². The molecule has 8 heteroatoms. The lowest BCUT2D eigenvalue weighted by molar-refractivity contribution is -0.0994. The molecule has 25 heavy (non-hydrogen) atoms. The van der Waals surface area contributed by atoms with Crippen LogP contribution in [0.2, 0.25) is 0 Å². The maximum Gasteiger partial charge on any atom is 0.0748 e. The van der Waals surface area contributed by atoms with Gasteiger partial charge in [0.1, 0.15) is 0 Å². The SMILES string of the molecule is CC1CC(CP)O1.CC1CCCC(CP)O1.PCC1CNNCCO1.